The van der Waals surface area contributed by atoms with E-state index >= 15 is 0 Å². The lowest BCUT2D eigenvalue weighted by atomic mass is 10.1. The van der Waals surface area contributed by atoms with Gasteiger partial charge in [-0.2, -0.15) is 0 Å². The van der Waals surface area contributed by atoms with Crippen molar-refractivity contribution in [1.82, 2.24) is 4.98 Å². The van der Waals surface area contributed by atoms with Crippen LogP contribution >= 0.6 is 0 Å². The van der Waals surface area contributed by atoms with Crippen LogP contribution in [0.2, 0.25) is 0 Å². The summed E-state index contributed by atoms with van der Waals surface area (Å²) in [6, 6.07) is 8.46. The van der Waals surface area contributed by atoms with Crippen molar-refractivity contribution >= 4 is 17.5 Å². The Kier molecular flexibility index (Phi) is 4.84. The number of carboxylic acid groups (broad SMARTS) is 1. The van der Waals surface area contributed by atoms with E-state index in [1.165, 1.54) is 6.20 Å². The normalized spacial score (nSPS) is 10.4. The second-order valence-corrected chi connectivity index (χ2v) is 4.35. The van der Waals surface area contributed by atoms with Crippen molar-refractivity contribution in [3.63, 3.8) is 0 Å². The summed E-state index contributed by atoms with van der Waals surface area (Å²) in [4.78, 5) is 14.8. The van der Waals surface area contributed by atoms with Crippen LogP contribution in [0.4, 0.5) is 15.9 Å². The van der Waals surface area contributed by atoms with Gasteiger partial charge in [0.15, 0.2) is 11.6 Å². The third-order valence-corrected chi connectivity index (χ3v) is 2.97. The van der Waals surface area contributed by atoms with Gasteiger partial charge in [-0.1, -0.05) is 18.2 Å². The molecular weight excluding hydrogens is 275 g/mol. The first kappa shape index (κ1) is 14.9. The Labute approximate surface area is 121 Å². The summed E-state index contributed by atoms with van der Waals surface area (Å²) in [7, 11) is 1.60. The van der Waals surface area contributed by atoms with E-state index < -0.39 is 17.3 Å². The van der Waals surface area contributed by atoms with E-state index in [4.69, 9.17) is 9.84 Å². The molecule has 2 rings (SSSR count). The van der Waals surface area contributed by atoms with E-state index in [0.717, 1.165) is 11.6 Å². The van der Waals surface area contributed by atoms with Gasteiger partial charge in [-0.25, -0.2) is 14.2 Å². The summed E-state index contributed by atoms with van der Waals surface area (Å²) in [6.45, 7) is 0.532. The van der Waals surface area contributed by atoms with Gasteiger partial charge in [-0.3, -0.25) is 0 Å². The molecule has 2 aromatic rings. The molecule has 1 heterocycles. The molecule has 6 heteroatoms. The molecular formula is C15H15FN2O3. The van der Waals surface area contributed by atoms with Crippen molar-refractivity contribution in [3.8, 4) is 0 Å². The first-order chi connectivity index (χ1) is 10.1. The predicted molar refractivity (Wildman–Crippen MR) is 76.5 cm³/mol. The van der Waals surface area contributed by atoms with Crippen LogP contribution in [0.15, 0.2) is 36.5 Å². The first-order valence-electron chi connectivity index (χ1n) is 6.35. The number of aromatic carboxylic acids is 1. The van der Waals surface area contributed by atoms with Crippen LogP contribution in [0.5, 0.6) is 0 Å². The van der Waals surface area contributed by atoms with Gasteiger partial charge in [0.1, 0.15) is 5.56 Å². The topological polar surface area (TPSA) is 71.5 Å². The number of aromatic nitrogens is 1. The number of anilines is 2. The van der Waals surface area contributed by atoms with Gasteiger partial charge >= 0.3 is 5.97 Å². The Balaban J connectivity index is 2.30. The van der Waals surface area contributed by atoms with Crippen LogP contribution in [0.25, 0.3) is 0 Å². The molecule has 0 bridgehead atoms. The van der Waals surface area contributed by atoms with Gasteiger partial charge in [0.05, 0.1) is 6.61 Å². The summed E-state index contributed by atoms with van der Waals surface area (Å²) in [5, 5.41) is 11.8. The summed E-state index contributed by atoms with van der Waals surface area (Å²) >= 11 is 0. The molecule has 1 aromatic carbocycles. The lowest BCUT2D eigenvalue weighted by Crippen LogP contribution is -2.07. The smallest absolute Gasteiger partial charge is 0.338 e. The highest BCUT2D eigenvalue weighted by Crippen LogP contribution is 2.23. The van der Waals surface area contributed by atoms with E-state index in [2.05, 4.69) is 10.3 Å². The Morgan fingerprint density at radius 3 is 2.86 bits per heavy atom. The molecule has 0 spiro atoms. The number of nitrogens with one attached hydrogen (secondary N) is 1. The van der Waals surface area contributed by atoms with Crippen molar-refractivity contribution in [3.05, 3.63) is 53.5 Å². The van der Waals surface area contributed by atoms with Crippen molar-refractivity contribution in [2.45, 2.75) is 6.42 Å². The van der Waals surface area contributed by atoms with Crippen LogP contribution in [0.3, 0.4) is 0 Å². The maximum atomic E-state index is 14.1. The maximum Gasteiger partial charge on any atom is 0.338 e. The summed E-state index contributed by atoms with van der Waals surface area (Å²) < 4.78 is 19.1. The molecule has 0 aliphatic carbocycles. The summed E-state index contributed by atoms with van der Waals surface area (Å²) in [5.74, 6) is -2.32. The summed E-state index contributed by atoms with van der Waals surface area (Å²) in [5.41, 5.74) is 1.19. The van der Waals surface area contributed by atoms with E-state index in [9.17, 15) is 9.18 Å². The number of pyridine rings is 1. The first-order valence-corrected chi connectivity index (χ1v) is 6.35. The van der Waals surface area contributed by atoms with Crippen LogP contribution < -0.4 is 5.32 Å². The zero-order valence-corrected chi connectivity index (χ0v) is 11.5. The number of nitrogens with zero attached hydrogens (tertiary/aromatic N) is 1. The van der Waals surface area contributed by atoms with E-state index in [1.807, 2.05) is 12.1 Å². The monoisotopic (exact) mass is 290 g/mol. The Morgan fingerprint density at radius 2 is 2.14 bits per heavy atom. The standard InChI is InChI=1S/C15H15FN2O3/c1-21-9-7-10-4-2-3-5-12(10)18-14-13(16)11(15(19)20)6-8-17-14/h2-6,8H,7,9H2,1H3,(H,17,18)(H,19,20). The number of benzene rings is 1. The predicted octanol–water partition coefficient (Wildman–Crippen LogP) is 2.85. The van der Waals surface area contributed by atoms with Gasteiger partial charge in [0, 0.05) is 19.0 Å². The molecule has 0 aliphatic rings. The van der Waals surface area contributed by atoms with Gasteiger partial charge in [0.25, 0.3) is 0 Å². The number of methoxy groups -OCH3 is 1. The molecule has 110 valence electrons. The molecule has 0 radical (unpaired) electrons. The molecule has 0 saturated heterocycles. The third kappa shape index (κ3) is 3.55. The van der Waals surface area contributed by atoms with Gasteiger partial charge in [-0.05, 0) is 24.1 Å². The van der Waals surface area contributed by atoms with Crippen LogP contribution in [0, 0.1) is 5.82 Å². The number of rotatable bonds is 6. The zero-order valence-electron chi connectivity index (χ0n) is 11.5. The molecule has 1 aromatic heterocycles. The number of para-hydroxylation sites is 1. The molecule has 0 saturated carbocycles. The van der Waals surface area contributed by atoms with E-state index in [0.29, 0.717) is 18.7 Å². The van der Waals surface area contributed by atoms with Crippen molar-refractivity contribution < 1.29 is 19.0 Å². The van der Waals surface area contributed by atoms with Crippen molar-refractivity contribution in [1.29, 1.82) is 0 Å². The maximum absolute atomic E-state index is 14.1. The number of carboxylic acids is 1. The van der Waals surface area contributed by atoms with Crippen LogP contribution in [-0.4, -0.2) is 29.8 Å². The zero-order chi connectivity index (χ0) is 15.2. The number of hydrogen-bond acceptors (Lipinski definition) is 4. The Hall–Kier alpha value is -2.47. The number of ether oxygens (including phenoxy) is 1. The number of carbonyl (C=O) groups is 1. The Morgan fingerprint density at radius 1 is 1.38 bits per heavy atom. The number of halogens is 1. The van der Waals surface area contributed by atoms with E-state index in [-0.39, 0.29) is 5.82 Å². The second kappa shape index (κ2) is 6.81. The fraction of sp³-hybridized carbons (Fsp3) is 0.200. The van der Waals surface area contributed by atoms with Crippen LogP contribution in [0.1, 0.15) is 15.9 Å². The molecule has 5 nitrogen and oxygen atoms in total. The minimum absolute atomic E-state index is 0.111. The largest absolute Gasteiger partial charge is 0.478 e. The second-order valence-electron chi connectivity index (χ2n) is 4.35. The molecule has 21 heavy (non-hydrogen) atoms. The lowest BCUT2D eigenvalue weighted by molar-refractivity contribution is 0.0692. The Bertz CT molecular complexity index is 647. The molecule has 0 atom stereocenters. The highest BCUT2D eigenvalue weighted by atomic mass is 19.1. The SMILES string of the molecule is COCCc1ccccc1Nc1nccc(C(=O)O)c1F. The lowest BCUT2D eigenvalue weighted by Gasteiger charge is -2.12. The average Bonchev–Trinajstić information content (AvgIpc) is 2.48. The van der Waals surface area contributed by atoms with Gasteiger partial charge in [0.2, 0.25) is 0 Å². The minimum atomic E-state index is -1.33. The van der Waals surface area contributed by atoms with Gasteiger partial charge < -0.3 is 15.2 Å². The quantitative estimate of drug-likeness (QED) is 0.856. The van der Waals surface area contributed by atoms with Crippen molar-refractivity contribution in [2.24, 2.45) is 0 Å². The van der Waals surface area contributed by atoms with Crippen LogP contribution in [-0.2, 0) is 11.2 Å². The minimum Gasteiger partial charge on any atom is -0.478 e. The third-order valence-electron chi connectivity index (χ3n) is 2.97. The van der Waals surface area contributed by atoms with Gasteiger partial charge in [-0.15, -0.1) is 0 Å². The molecule has 2 N–H and O–H groups in total. The highest BCUT2D eigenvalue weighted by molar-refractivity contribution is 5.89. The van der Waals surface area contributed by atoms with E-state index in [1.54, 1.807) is 19.2 Å². The van der Waals surface area contributed by atoms with Crippen molar-refractivity contribution in [2.75, 3.05) is 19.0 Å². The fourth-order valence-electron chi connectivity index (χ4n) is 1.90. The fourth-order valence-corrected chi connectivity index (χ4v) is 1.90. The number of hydrogen-bond donors (Lipinski definition) is 2. The molecule has 0 fully saturated rings. The molecule has 0 amide bonds. The average molecular weight is 290 g/mol. The summed E-state index contributed by atoms with van der Waals surface area (Å²) in [6.07, 6.45) is 1.91. The highest BCUT2D eigenvalue weighted by Gasteiger charge is 2.15. The molecule has 0 aliphatic heterocycles. The molecule has 0 unspecified atom stereocenters.